The molecule has 1 saturated carbocycles. The van der Waals surface area contributed by atoms with Crippen molar-refractivity contribution in [3.8, 4) is 11.5 Å². The zero-order valence-corrected chi connectivity index (χ0v) is 18.3. The number of ether oxygens (including phenoxy) is 2. The topological polar surface area (TPSA) is 30.5 Å². The summed E-state index contributed by atoms with van der Waals surface area (Å²) in [6.07, 6.45) is 7.71. The SMILES string of the molecule is CCOc1cc(CNC2CCCCCC2)cc(Cl)c1OCc1ccc(F)cc1Cl. The number of halogens is 3. The lowest BCUT2D eigenvalue weighted by atomic mass is 10.1. The maximum absolute atomic E-state index is 13.2. The van der Waals surface area contributed by atoms with Gasteiger partial charge in [0, 0.05) is 18.2 Å². The van der Waals surface area contributed by atoms with E-state index in [9.17, 15) is 4.39 Å². The van der Waals surface area contributed by atoms with E-state index in [1.54, 1.807) is 6.07 Å². The second kappa shape index (κ2) is 11.1. The van der Waals surface area contributed by atoms with Crippen molar-refractivity contribution in [1.29, 1.82) is 0 Å². The summed E-state index contributed by atoms with van der Waals surface area (Å²) < 4.78 is 24.9. The predicted molar refractivity (Wildman–Crippen MR) is 117 cm³/mol. The Bertz CT molecular complexity index is 808. The number of benzene rings is 2. The number of rotatable bonds is 8. The van der Waals surface area contributed by atoms with Gasteiger partial charge in [0.1, 0.15) is 12.4 Å². The van der Waals surface area contributed by atoms with Crippen LogP contribution < -0.4 is 14.8 Å². The highest BCUT2D eigenvalue weighted by molar-refractivity contribution is 6.32. The van der Waals surface area contributed by atoms with Crippen LogP contribution in [0.4, 0.5) is 4.39 Å². The van der Waals surface area contributed by atoms with Gasteiger partial charge in [-0.25, -0.2) is 4.39 Å². The van der Waals surface area contributed by atoms with Gasteiger partial charge < -0.3 is 14.8 Å². The van der Waals surface area contributed by atoms with Crippen molar-refractivity contribution in [2.24, 2.45) is 0 Å². The van der Waals surface area contributed by atoms with Crippen LogP contribution in [0, 0.1) is 5.82 Å². The largest absolute Gasteiger partial charge is 0.490 e. The van der Waals surface area contributed by atoms with Gasteiger partial charge >= 0.3 is 0 Å². The van der Waals surface area contributed by atoms with Gasteiger partial charge in [-0.3, -0.25) is 0 Å². The monoisotopic (exact) mass is 439 g/mol. The maximum Gasteiger partial charge on any atom is 0.180 e. The fourth-order valence-corrected chi connectivity index (χ4v) is 4.17. The molecule has 0 radical (unpaired) electrons. The second-order valence-electron chi connectivity index (χ2n) is 7.43. The Labute approximate surface area is 182 Å². The Kier molecular flexibility index (Phi) is 8.46. The first-order valence-corrected chi connectivity index (χ1v) is 11.1. The van der Waals surface area contributed by atoms with Crippen molar-refractivity contribution in [2.45, 2.75) is 64.6 Å². The third kappa shape index (κ3) is 6.50. The third-order valence-electron chi connectivity index (χ3n) is 5.21. The van der Waals surface area contributed by atoms with Crippen molar-refractivity contribution in [3.05, 3.63) is 57.3 Å². The Morgan fingerprint density at radius 2 is 1.76 bits per heavy atom. The molecule has 158 valence electrons. The Morgan fingerprint density at radius 1 is 1.00 bits per heavy atom. The van der Waals surface area contributed by atoms with Crippen LogP contribution in [0.3, 0.4) is 0 Å². The molecule has 0 aliphatic heterocycles. The lowest BCUT2D eigenvalue weighted by Gasteiger charge is -2.19. The lowest BCUT2D eigenvalue weighted by Crippen LogP contribution is -2.27. The van der Waals surface area contributed by atoms with Crippen molar-refractivity contribution in [1.82, 2.24) is 5.32 Å². The molecule has 0 saturated heterocycles. The van der Waals surface area contributed by atoms with Gasteiger partial charge in [0.05, 0.1) is 16.7 Å². The minimum Gasteiger partial charge on any atom is -0.490 e. The van der Waals surface area contributed by atoms with Gasteiger partial charge in [0.25, 0.3) is 0 Å². The third-order valence-corrected chi connectivity index (χ3v) is 5.84. The van der Waals surface area contributed by atoms with E-state index in [1.165, 1.54) is 50.7 Å². The number of hydrogen-bond acceptors (Lipinski definition) is 3. The van der Waals surface area contributed by atoms with Crippen LogP contribution in [0.2, 0.25) is 10.0 Å². The highest BCUT2D eigenvalue weighted by Crippen LogP contribution is 2.37. The summed E-state index contributed by atoms with van der Waals surface area (Å²) in [5.74, 6) is 0.709. The van der Waals surface area contributed by atoms with Crippen LogP contribution in [-0.2, 0) is 13.2 Å². The van der Waals surface area contributed by atoms with E-state index in [0.717, 1.165) is 12.1 Å². The summed E-state index contributed by atoms with van der Waals surface area (Å²) in [6.45, 7) is 3.35. The first-order valence-electron chi connectivity index (χ1n) is 10.3. The molecule has 3 rings (SSSR count). The van der Waals surface area contributed by atoms with Crippen LogP contribution in [0.1, 0.15) is 56.6 Å². The summed E-state index contributed by atoms with van der Waals surface area (Å²) in [5, 5.41) is 4.47. The summed E-state index contributed by atoms with van der Waals surface area (Å²) in [6, 6.07) is 8.68. The van der Waals surface area contributed by atoms with Gasteiger partial charge in [0.15, 0.2) is 11.5 Å². The Balaban J connectivity index is 1.69. The van der Waals surface area contributed by atoms with Crippen LogP contribution in [0.15, 0.2) is 30.3 Å². The molecule has 1 N–H and O–H groups in total. The number of hydrogen-bond donors (Lipinski definition) is 1. The van der Waals surface area contributed by atoms with Crippen molar-refractivity contribution < 1.29 is 13.9 Å². The molecule has 0 bridgehead atoms. The molecule has 3 nitrogen and oxygen atoms in total. The molecule has 6 heteroatoms. The predicted octanol–water partition coefficient (Wildman–Crippen LogP) is 6.92. The average Bonchev–Trinajstić information content (AvgIpc) is 2.96. The smallest absolute Gasteiger partial charge is 0.180 e. The van der Waals surface area contributed by atoms with Crippen molar-refractivity contribution >= 4 is 23.2 Å². The quantitative estimate of drug-likeness (QED) is 0.452. The highest BCUT2D eigenvalue weighted by Gasteiger charge is 2.16. The molecule has 2 aromatic rings. The molecular weight excluding hydrogens is 412 g/mol. The lowest BCUT2D eigenvalue weighted by molar-refractivity contribution is 0.269. The molecule has 1 aliphatic rings. The fraction of sp³-hybridized carbons (Fsp3) is 0.478. The summed E-state index contributed by atoms with van der Waals surface area (Å²) in [4.78, 5) is 0. The van der Waals surface area contributed by atoms with Gasteiger partial charge in [-0.15, -0.1) is 0 Å². The molecular formula is C23H28Cl2FNO2. The van der Waals surface area contributed by atoms with Gasteiger partial charge in [-0.2, -0.15) is 0 Å². The molecule has 0 heterocycles. The van der Waals surface area contributed by atoms with E-state index in [0.29, 0.717) is 39.8 Å². The Morgan fingerprint density at radius 3 is 2.45 bits per heavy atom. The standard InChI is InChI=1S/C23H28Cl2FNO2/c1-2-28-22-12-16(14-27-19-7-5-3-4-6-8-19)11-21(25)23(22)29-15-17-9-10-18(26)13-20(17)24/h9-13,19,27H,2-8,14-15H2,1H3. The van der Waals surface area contributed by atoms with E-state index in [2.05, 4.69) is 5.32 Å². The van der Waals surface area contributed by atoms with E-state index in [4.69, 9.17) is 32.7 Å². The molecule has 0 unspecified atom stereocenters. The zero-order valence-electron chi connectivity index (χ0n) is 16.8. The highest BCUT2D eigenvalue weighted by atomic mass is 35.5. The second-order valence-corrected chi connectivity index (χ2v) is 8.25. The molecule has 0 amide bonds. The molecule has 2 aromatic carbocycles. The van der Waals surface area contributed by atoms with Crippen LogP contribution >= 0.6 is 23.2 Å². The Hall–Kier alpha value is -1.49. The minimum absolute atomic E-state index is 0.179. The van der Waals surface area contributed by atoms with Crippen LogP contribution in [-0.4, -0.2) is 12.6 Å². The van der Waals surface area contributed by atoms with Gasteiger partial charge in [-0.05, 0) is 49.6 Å². The summed E-state index contributed by atoms with van der Waals surface area (Å²) >= 11 is 12.6. The molecule has 0 aromatic heterocycles. The summed E-state index contributed by atoms with van der Waals surface area (Å²) in [7, 11) is 0. The average molecular weight is 440 g/mol. The van der Waals surface area contributed by atoms with E-state index < -0.39 is 0 Å². The molecule has 1 fully saturated rings. The minimum atomic E-state index is -0.377. The zero-order chi connectivity index (χ0) is 20.6. The number of nitrogens with one attached hydrogen (secondary N) is 1. The van der Waals surface area contributed by atoms with E-state index >= 15 is 0 Å². The first-order chi connectivity index (χ1) is 14.1. The fourth-order valence-electron chi connectivity index (χ4n) is 3.66. The van der Waals surface area contributed by atoms with E-state index in [-0.39, 0.29) is 12.4 Å². The molecule has 0 atom stereocenters. The maximum atomic E-state index is 13.2. The van der Waals surface area contributed by atoms with E-state index in [1.807, 2.05) is 19.1 Å². The molecule has 1 aliphatic carbocycles. The summed E-state index contributed by atoms with van der Waals surface area (Å²) in [5.41, 5.74) is 1.75. The van der Waals surface area contributed by atoms with Crippen LogP contribution in [0.5, 0.6) is 11.5 Å². The molecule has 0 spiro atoms. The van der Waals surface area contributed by atoms with Crippen molar-refractivity contribution in [3.63, 3.8) is 0 Å². The normalized spacial score (nSPS) is 15.2. The van der Waals surface area contributed by atoms with Gasteiger partial charge in [-0.1, -0.05) is 55.0 Å². The van der Waals surface area contributed by atoms with Crippen molar-refractivity contribution in [2.75, 3.05) is 6.61 Å². The first kappa shape index (κ1) is 22.2. The molecule has 29 heavy (non-hydrogen) atoms. The van der Waals surface area contributed by atoms with Crippen LogP contribution in [0.25, 0.3) is 0 Å². The van der Waals surface area contributed by atoms with Gasteiger partial charge in [0.2, 0.25) is 0 Å².